The Balaban J connectivity index is 1.42. The Bertz CT molecular complexity index is 523. The summed E-state index contributed by atoms with van der Waals surface area (Å²) in [6, 6.07) is 0. The molecule has 1 aliphatic heterocycles. The number of nitrogens with one attached hydrogen (secondary N) is 1. The Hall–Kier alpha value is -1.11. The van der Waals surface area contributed by atoms with Gasteiger partial charge in [0.15, 0.2) is 5.82 Å². The number of rotatable bonds is 3. The third-order valence-corrected chi connectivity index (χ3v) is 5.08. The predicted molar refractivity (Wildman–Crippen MR) is 63.0 cm³/mol. The Morgan fingerprint density at radius 1 is 1.25 bits per heavy atom. The average molecular weight is 287 g/mol. The van der Waals surface area contributed by atoms with Crippen molar-refractivity contribution in [3.05, 3.63) is 11.7 Å². The average Bonchev–Trinajstić information content (AvgIpc) is 2.96. The number of halogens is 3. The van der Waals surface area contributed by atoms with Crippen molar-refractivity contribution in [1.82, 2.24) is 15.5 Å². The van der Waals surface area contributed by atoms with E-state index < -0.39 is 11.6 Å². The second kappa shape index (κ2) is 3.75. The molecule has 0 unspecified atom stereocenters. The molecule has 2 aliphatic carbocycles. The normalized spacial score (nSPS) is 27.1. The van der Waals surface area contributed by atoms with Crippen molar-refractivity contribution < 1.29 is 17.7 Å². The van der Waals surface area contributed by atoms with E-state index in [4.69, 9.17) is 4.52 Å². The molecule has 2 heterocycles. The number of hydrogen-bond acceptors (Lipinski definition) is 4. The molecule has 3 fully saturated rings. The third kappa shape index (κ3) is 1.71. The van der Waals surface area contributed by atoms with Crippen molar-refractivity contribution >= 4 is 0 Å². The van der Waals surface area contributed by atoms with E-state index in [2.05, 4.69) is 15.5 Å². The van der Waals surface area contributed by atoms with Crippen LogP contribution < -0.4 is 5.32 Å². The highest BCUT2D eigenvalue weighted by Gasteiger charge is 2.68. The highest BCUT2D eigenvalue weighted by molar-refractivity contribution is 5.20. The van der Waals surface area contributed by atoms with Crippen LogP contribution >= 0.6 is 0 Å². The lowest BCUT2D eigenvalue weighted by atomic mass is 9.58. The van der Waals surface area contributed by atoms with Gasteiger partial charge in [0.05, 0.1) is 0 Å². The highest BCUT2D eigenvalue weighted by Crippen LogP contribution is 2.58. The van der Waals surface area contributed by atoms with E-state index in [1.807, 2.05) is 0 Å². The fourth-order valence-corrected chi connectivity index (χ4v) is 3.61. The van der Waals surface area contributed by atoms with Gasteiger partial charge in [-0.3, -0.25) is 0 Å². The van der Waals surface area contributed by atoms with Crippen molar-refractivity contribution in [1.29, 1.82) is 0 Å². The molecule has 1 aromatic heterocycles. The third-order valence-electron chi connectivity index (χ3n) is 5.08. The molecule has 0 amide bonds. The fraction of sp³-hybridized carbons (Fsp3) is 0.846. The predicted octanol–water partition coefficient (Wildman–Crippen LogP) is 2.21. The minimum atomic E-state index is -4.28. The molecule has 0 aromatic carbocycles. The molecule has 2 saturated carbocycles. The molecule has 0 radical (unpaired) electrons. The minimum absolute atomic E-state index is 0.0658. The first-order valence-corrected chi connectivity index (χ1v) is 7.03. The monoisotopic (exact) mass is 287 g/mol. The molecule has 1 spiro atoms. The lowest BCUT2D eigenvalue weighted by Crippen LogP contribution is -2.60. The summed E-state index contributed by atoms with van der Waals surface area (Å²) in [7, 11) is 0. The van der Waals surface area contributed by atoms with Gasteiger partial charge in [-0.05, 0) is 37.0 Å². The summed E-state index contributed by atoms with van der Waals surface area (Å²) in [6.45, 7) is 2.14. The first-order chi connectivity index (χ1) is 9.43. The van der Waals surface area contributed by atoms with Gasteiger partial charge in [0, 0.05) is 19.5 Å². The number of hydrogen-bond donors (Lipinski definition) is 1. The maximum absolute atomic E-state index is 13.0. The van der Waals surface area contributed by atoms with Crippen LogP contribution in [0.4, 0.5) is 13.2 Å². The van der Waals surface area contributed by atoms with Crippen molar-refractivity contribution in [3.63, 3.8) is 0 Å². The lowest BCUT2D eigenvalue weighted by Gasteiger charge is -2.54. The molecule has 1 saturated heterocycles. The first-order valence-electron chi connectivity index (χ1n) is 7.03. The van der Waals surface area contributed by atoms with Gasteiger partial charge >= 0.3 is 6.18 Å². The maximum atomic E-state index is 13.0. The van der Waals surface area contributed by atoms with E-state index in [0.717, 1.165) is 25.9 Å². The summed E-state index contributed by atoms with van der Waals surface area (Å²) < 4.78 is 43.7. The number of aromatic nitrogens is 2. The summed E-state index contributed by atoms with van der Waals surface area (Å²) in [5.41, 5.74) is -1.39. The minimum Gasteiger partial charge on any atom is -0.338 e. The highest BCUT2D eigenvalue weighted by atomic mass is 19.4. The van der Waals surface area contributed by atoms with E-state index in [1.54, 1.807) is 0 Å². The van der Waals surface area contributed by atoms with Crippen LogP contribution in [0, 0.1) is 11.3 Å². The van der Waals surface area contributed by atoms with Gasteiger partial charge in [0.25, 0.3) is 0 Å². The Morgan fingerprint density at radius 2 is 1.95 bits per heavy atom. The van der Waals surface area contributed by atoms with E-state index in [0.29, 0.717) is 23.6 Å². The summed E-state index contributed by atoms with van der Waals surface area (Å²) in [5, 5.41) is 7.01. The van der Waals surface area contributed by atoms with Crippen LogP contribution in [0.1, 0.15) is 37.4 Å². The topological polar surface area (TPSA) is 51.0 Å². The molecule has 20 heavy (non-hydrogen) atoms. The molecular formula is C13H16F3N3O. The Morgan fingerprint density at radius 3 is 2.45 bits per heavy atom. The lowest BCUT2D eigenvalue weighted by molar-refractivity contribution is -0.166. The van der Waals surface area contributed by atoms with Crippen LogP contribution in [0.25, 0.3) is 0 Å². The Labute approximate surface area is 114 Å². The molecular weight excluding hydrogens is 271 g/mol. The zero-order valence-corrected chi connectivity index (χ0v) is 11.0. The van der Waals surface area contributed by atoms with E-state index in [1.165, 1.54) is 0 Å². The van der Waals surface area contributed by atoms with Crippen molar-refractivity contribution in [3.8, 4) is 0 Å². The zero-order chi connectivity index (χ0) is 14.0. The zero-order valence-electron chi connectivity index (χ0n) is 11.0. The molecule has 7 heteroatoms. The van der Waals surface area contributed by atoms with Crippen molar-refractivity contribution in [2.24, 2.45) is 11.3 Å². The van der Waals surface area contributed by atoms with Crippen molar-refractivity contribution in [2.45, 2.75) is 43.7 Å². The fourth-order valence-electron chi connectivity index (χ4n) is 3.61. The largest absolute Gasteiger partial charge is 0.403 e. The second-order valence-corrected chi connectivity index (χ2v) is 6.68. The molecule has 110 valence electrons. The van der Waals surface area contributed by atoms with Gasteiger partial charge in [-0.2, -0.15) is 18.2 Å². The molecule has 1 aromatic rings. The molecule has 4 rings (SSSR count). The Kier molecular flexibility index (Phi) is 2.37. The second-order valence-electron chi connectivity index (χ2n) is 6.68. The van der Waals surface area contributed by atoms with E-state index >= 15 is 0 Å². The SMILES string of the molecule is FC(F)(F)C1(c2nc(CC3CC4(CNC4)C3)no2)CC1. The number of nitrogens with zero attached hydrogens (tertiary/aromatic N) is 2. The van der Waals surface area contributed by atoms with Crippen LogP contribution in [0.3, 0.4) is 0 Å². The first kappa shape index (κ1) is 12.6. The van der Waals surface area contributed by atoms with Gasteiger partial charge in [-0.25, -0.2) is 0 Å². The summed E-state index contributed by atoms with van der Waals surface area (Å²) >= 11 is 0. The van der Waals surface area contributed by atoms with E-state index in [-0.39, 0.29) is 18.7 Å². The van der Waals surface area contributed by atoms with Crippen LogP contribution in [0.5, 0.6) is 0 Å². The summed E-state index contributed by atoms with van der Waals surface area (Å²) in [4.78, 5) is 4.01. The van der Waals surface area contributed by atoms with Crippen LogP contribution in [0.15, 0.2) is 4.52 Å². The van der Waals surface area contributed by atoms with E-state index in [9.17, 15) is 13.2 Å². The van der Waals surface area contributed by atoms with Crippen molar-refractivity contribution in [2.75, 3.05) is 13.1 Å². The smallest absolute Gasteiger partial charge is 0.338 e. The van der Waals surface area contributed by atoms with Gasteiger partial charge in [-0.15, -0.1) is 0 Å². The van der Waals surface area contributed by atoms with Gasteiger partial charge in [0.2, 0.25) is 5.89 Å². The molecule has 0 atom stereocenters. The molecule has 4 nitrogen and oxygen atoms in total. The standard InChI is InChI=1S/C13H16F3N3O/c14-13(15,16)12(1-2-12)10-18-9(19-20-10)3-8-4-11(5-8)6-17-7-11/h8,17H,1-7H2. The quantitative estimate of drug-likeness (QED) is 0.926. The van der Waals surface area contributed by atoms with Gasteiger partial charge < -0.3 is 9.84 Å². The summed E-state index contributed by atoms with van der Waals surface area (Å²) in [5.74, 6) is 0.686. The molecule has 1 N–H and O–H groups in total. The van der Waals surface area contributed by atoms with Gasteiger partial charge in [-0.1, -0.05) is 5.16 Å². The molecule has 3 aliphatic rings. The maximum Gasteiger partial charge on any atom is 0.403 e. The van der Waals surface area contributed by atoms with Crippen LogP contribution in [-0.2, 0) is 11.8 Å². The van der Waals surface area contributed by atoms with Gasteiger partial charge in [0.1, 0.15) is 5.41 Å². The molecule has 0 bridgehead atoms. The van der Waals surface area contributed by atoms with Crippen LogP contribution in [-0.4, -0.2) is 29.4 Å². The summed E-state index contributed by atoms with van der Waals surface area (Å²) in [6.07, 6.45) is -1.27. The number of alkyl halides is 3. The van der Waals surface area contributed by atoms with Crippen LogP contribution in [0.2, 0.25) is 0 Å².